The van der Waals surface area contributed by atoms with Gasteiger partial charge in [0.2, 0.25) is 5.12 Å². The Kier molecular flexibility index (Phi) is 2.41. The minimum Gasteiger partial charge on any atom is -0.281 e. The lowest BCUT2D eigenvalue weighted by Crippen LogP contribution is -2.17. The van der Waals surface area contributed by atoms with E-state index in [4.69, 9.17) is 0 Å². The van der Waals surface area contributed by atoms with Crippen LogP contribution in [0.15, 0.2) is 0 Å². The van der Waals surface area contributed by atoms with Gasteiger partial charge in [-0.05, 0) is 19.0 Å². The van der Waals surface area contributed by atoms with E-state index >= 15 is 0 Å². The van der Waals surface area contributed by atoms with Crippen molar-refractivity contribution in [2.45, 2.75) is 27.2 Å². The predicted molar refractivity (Wildman–Crippen MR) is 36.7 cm³/mol. The fraction of sp³-hybridized carbons (Fsp3) is 0.833. The second-order valence-electron chi connectivity index (χ2n) is 2.52. The zero-order chi connectivity index (χ0) is 6.78. The summed E-state index contributed by atoms with van der Waals surface area (Å²) in [6, 6.07) is 0. The molecule has 0 saturated heterocycles. The highest BCUT2D eigenvalue weighted by atomic mass is 32.1. The van der Waals surface area contributed by atoms with E-state index in [0.717, 1.165) is 6.42 Å². The van der Waals surface area contributed by atoms with Gasteiger partial charge < -0.3 is 0 Å². The van der Waals surface area contributed by atoms with Crippen LogP contribution in [0.5, 0.6) is 0 Å². The zero-order valence-corrected chi connectivity index (χ0v) is 6.34. The van der Waals surface area contributed by atoms with Crippen LogP contribution in [-0.4, -0.2) is 5.12 Å². The van der Waals surface area contributed by atoms with Crippen LogP contribution >= 0.6 is 12.6 Å². The number of rotatable bonds is 2. The summed E-state index contributed by atoms with van der Waals surface area (Å²) in [5, 5.41) is -0.139. The minimum absolute atomic E-state index is 0.139. The largest absolute Gasteiger partial charge is 0.281 e. The van der Waals surface area contributed by atoms with Gasteiger partial charge in [0.15, 0.2) is 0 Å². The van der Waals surface area contributed by atoms with Crippen LogP contribution < -0.4 is 0 Å². The molecule has 0 aromatic rings. The molecule has 0 amide bonds. The van der Waals surface area contributed by atoms with E-state index in [2.05, 4.69) is 12.6 Å². The second-order valence-corrected chi connectivity index (χ2v) is 2.90. The van der Waals surface area contributed by atoms with E-state index in [-0.39, 0.29) is 10.5 Å². The Bertz CT molecular complexity index is 96.7. The average Bonchev–Trinajstić information content (AvgIpc) is 1.67. The molecule has 0 heterocycles. The maximum atomic E-state index is 10.5. The number of carbonyl (C=O) groups is 1. The van der Waals surface area contributed by atoms with Gasteiger partial charge in [-0.25, -0.2) is 0 Å². The quantitative estimate of drug-likeness (QED) is 0.561. The molecule has 0 aliphatic heterocycles. The molecule has 1 radical (unpaired) electrons. The Morgan fingerprint density at radius 2 is 2.00 bits per heavy atom. The molecule has 0 rings (SSSR count). The summed E-state index contributed by atoms with van der Waals surface area (Å²) < 4.78 is 0. The highest BCUT2D eigenvalue weighted by molar-refractivity contribution is 7.96. The van der Waals surface area contributed by atoms with Gasteiger partial charge >= 0.3 is 0 Å². The summed E-state index contributed by atoms with van der Waals surface area (Å²) in [6.07, 6.45) is 0.829. The third-order valence-corrected chi connectivity index (χ3v) is 1.99. The zero-order valence-electron chi connectivity index (χ0n) is 5.52. The molecule has 0 atom stereocenters. The van der Waals surface area contributed by atoms with Crippen molar-refractivity contribution in [2.75, 3.05) is 0 Å². The van der Waals surface area contributed by atoms with Crippen LogP contribution in [0.3, 0.4) is 0 Å². The van der Waals surface area contributed by atoms with E-state index in [0.29, 0.717) is 0 Å². The molecule has 0 aliphatic carbocycles. The lowest BCUT2D eigenvalue weighted by molar-refractivity contribution is -0.118. The lowest BCUT2D eigenvalue weighted by Gasteiger charge is -2.15. The van der Waals surface area contributed by atoms with E-state index in [9.17, 15) is 4.79 Å². The standard InChI is InChI=1S/C6H11OS/c1-4-6(2,3)5(7)8/h4H2,1-3H3. The first-order valence-corrected chi connectivity index (χ1v) is 3.13. The molecule has 0 bridgehead atoms. The fourth-order valence-electron chi connectivity index (χ4n) is 0.144. The molecule has 0 aliphatic rings. The van der Waals surface area contributed by atoms with Crippen molar-refractivity contribution >= 4 is 17.7 Å². The molecule has 0 aromatic heterocycles. The summed E-state index contributed by atoms with van der Waals surface area (Å²) in [4.78, 5) is 10.5. The Morgan fingerprint density at radius 3 is 2.00 bits per heavy atom. The van der Waals surface area contributed by atoms with Gasteiger partial charge in [-0.1, -0.05) is 20.8 Å². The van der Waals surface area contributed by atoms with Gasteiger partial charge in [0.25, 0.3) is 0 Å². The fourth-order valence-corrected chi connectivity index (χ4v) is 0.289. The molecule has 0 N–H and O–H groups in total. The van der Waals surface area contributed by atoms with Crippen molar-refractivity contribution in [1.29, 1.82) is 0 Å². The Morgan fingerprint density at radius 1 is 1.62 bits per heavy atom. The van der Waals surface area contributed by atoms with Gasteiger partial charge in [0.05, 0.1) is 0 Å². The van der Waals surface area contributed by atoms with Gasteiger partial charge in [-0.15, -0.1) is 0 Å². The van der Waals surface area contributed by atoms with Crippen LogP contribution in [0.25, 0.3) is 0 Å². The summed E-state index contributed by atoms with van der Waals surface area (Å²) in [5.41, 5.74) is -0.282. The van der Waals surface area contributed by atoms with Crippen molar-refractivity contribution in [3.63, 3.8) is 0 Å². The third kappa shape index (κ3) is 1.78. The van der Waals surface area contributed by atoms with Gasteiger partial charge in [-0.3, -0.25) is 4.79 Å². The number of hydrogen-bond acceptors (Lipinski definition) is 1. The summed E-state index contributed by atoms with van der Waals surface area (Å²) in [7, 11) is 0. The van der Waals surface area contributed by atoms with Gasteiger partial charge in [0, 0.05) is 5.41 Å². The van der Waals surface area contributed by atoms with E-state index < -0.39 is 0 Å². The monoisotopic (exact) mass is 131 g/mol. The molecular formula is C6H11OS. The maximum absolute atomic E-state index is 10.5. The molecule has 1 nitrogen and oxygen atoms in total. The Labute approximate surface area is 55.9 Å². The molecule has 2 heteroatoms. The van der Waals surface area contributed by atoms with Gasteiger partial charge in [0.1, 0.15) is 0 Å². The first-order chi connectivity index (χ1) is 3.50. The summed E-state index contributed by atoms with van der Waals surface area (Å²) in [6.45, 7) is 5.69. The molecule has 0 aromatic carbocycles. The summed E-state index contributed by atoms with van der Waals surface area (Å²) in [5.74, 6) is 0. The topological polar surface area (TPSA) is 17.1 Å². The SMILES string of the molecule is CCC(C)(C)C(=O)[S]. The smallest absolute Gasteiger partial charge is 0.224 e. The normalized spacial score (nSPS) is 11.4. The third-order valence-electron chi connectivity index (χ3n) is 1.44. The molecule has 0 fully saturated rings. The molecule has 8 heavy (non-hydrogen) atoms. The van der Waals surface area contributed by atoms with Crippen LogP contribution in [0.4, 0.5) is 0 Å². The molecule has 0 spiro atoms. The maximum Gasteiger partial charge on any atom is 0.224 e. The first-order valence-electron chi connectivity index (χ1n) is 2.72. The van der Waals surface area contributed by atoms with Crippen LogP contribution in [-0.2, 0) is 4.79 Å². The molecule has 47 valence electrons. The average molecular weight is 131 g/mol. The lowest BCUT2D eigenvalue weighted by atomic mass is 9.92. The molecule has 0 saturated carbocycles. The Hall–Kier alpha value is -0.110. The van der Waals surface area contributed by atoms with Crippen LogP contribution in [0, 0.1) is 5.41 Å². The van der Waals surface area contributed by atoms with Crippen molar-refractivity contribution in [2.24, 2.45) is 5.41 Å². The van der Waals surface area contributed by atoms with Crippen molar-refractivity contribution in [3.8, 4) is 0 Å². The number of hydrogen-bond donors (Lipinski definition) is 0. The van der Waals surface area contributed by atoms with Crippen LogP contribution in [0.1, 0.15) is 27.2 Å². The van der Waals surface area contributed by atoms with E-state index in [1.54, 1.807) is 0 Å². The Balaban J connectivity index is 3.91. The highest BCUT2D eigenvalue weighted by Gasteiger charge is 2.22. The van der Waals surface area contributed by atoms with Crippen LogP contribution in [0.2, 0.25) is 0 Å². The van der Waals surface area contributed by atoms with Crippen molar-refractivity contribution in [1.82, 2.24) is 0 Å². The molecular weight excluding hydrogens is 120 g/mol. The van der Waals surface area contributed by atoms with E-state index in [1.807, 2.05) is 20.8 Å². The first kappa shape index (κ1) is 7.89. The summed E-state index contributed by atoms with van der Waals surface area (Å²) >= 11 is 4.48. The molecule has 0 unspecified atom stereocenters. The number of carbonyl (C=O) groups excluding carboxylic acids is 1. The predicted octanol–water partition coefficient (Wildman–Crippen LogP) is 2.15. The minimum atomic E-state index is -0.282. The van der Waals surface area contributed by atoms with Crippen molar-refractivity contribution in [3.05, 3.63) is 0 Å². The van der Waals surface area contributed by atoms with E-state index in [1.165, 1.54) is 0 Å². The van der Waals surface area contributed by atoms with Crippen molar-refractivity contribution < 1.29 is 4.79 Å². The van der Waals surface area contributed by atoms with Gasteiger partial charge in [-0.2, -0.15) is 0 Å². The highest BCUT2D eigenvalue weighted by Crippen LogP contribution is 2.21. The second kappa shape index (κ2) is 2.44.